The zero-order chi connectivity index (χ0) is 9.68. The Morgan fingerprint density at radius 3 is 3.15 bits per heavy atom. The topological polar surface area (TPSA) is 68.0 Å². The SMILES string of the molecule is CC(CN)CC(=O)Nc1nccs1. The van der Waals surface area contributed by atoms with Gasteiger partial charge in [-0.3, -0.25) is 4.79 Å². The Balaban J connectivity index is 2.34. The predicted molar refractivity (Wildman–Crippen MR) is 53.6 cm³/mol. The predicted octanol–water partition coefficient (Wildman–Crippen LogP) is 1.07. The maximum atomic E-state index is 11.3. The van der Waals surface area contributed by atoms with Crippen molar-refractivity contribution in [2.24, 2.45) is 11.7 Å². The molecule has 1 amide bonds. The van der Waals surface area contributed by atoms with E-state index >= 15 is 0 Å². The van der Waals surface area contributed by atoms with Crippen LogP contribution in [0, 0.1) is 5.92 Å². The van der Waals surface area contributed by atoms with Crippen LogP contribution in [-0.4, -0.2) is 17.4 Å². The number of carbonyl (C=O) groups is 1. The highest BCUT2D eigenvalue weighted by Gasteiger charge is 2.08. The molecule has 0 aliphatic heterocycles. The molecular weight excluding hydrogens is 186 g/mol. The highest BCUT2D eigenvalue weighted by molar-refractivity contribution is 7.13. The summed E-state index contributed by atoms with van der Waals surface area (Å²) < 4.78 is 0. The zero-order valence-electron chi connectivity index (χ0n) is 7.49. The van der Waals surface area contributed by atoms with Crippen LogP contribution in [0.3, 0.4) is 0 Å². The van der Waals surface area contributed by atoms with Gasteiger partial charge in [-0.2, -0.15) is 0 Å². The first-order valence-corrected chi connectivity index (χ1v) is 4.99. The molecule has 1 aromatic rings. The van der Waals surface area contributed by atoms with Gasteiger partial charge in [-0.1, -0.05) is 6.92 Å². The summed E-state index contributed by atoms with van der Waals surface area (Å²) in [7, 11) is 0. The molecule has 1 unspecified atom stereocenters. The third kappa shape index (κ3) is 3.52. The van der Waals surface area contributed by atoms with Crippen LogP contribution >= 0.6 is 11.3 Å². The highest BCUT2D eigenvalue weighted by atomic mass is 32.1. The average molecular weight is 199 g/mol. The van der Waals surface area contributed by atoms with Crippen molar-refractivity contribution in [3.63, 3.8) is 0 Å². The minimum absolute atomic E-state index is 0.0205. The molecule has 0 aliphatic carbocycles. The Hall–Kier alpha value is -0.940. The van der Waals surface area contributed by atoms with E-state index in [9.17, 15) is 4.79 Å². The van der Waals surface area contributed by atoms with Gasteiger partial charge in [-0.25, -0.2) is 4.98 Å². The Labute approximate surface area is 81.2 Å². The van der Waals surface area contributed by atoms with Gasteiger partial charge in [0.05, 0.1) is 0 Å². The molecular formula is C8H13N3OS. The molecule has 72 valence electrons. The lowest BCUT2D eigenvalue weighted by Gasteiger charge is -2.06. The molecule has 0 aromatic carbocycles. The minimum Gasteiger partial charge on any atom is -0.330 e. The second kappa shape index (κ2) is 4.94. The summed E-state index contributed by atoms with van der Waals surface area (Å²) >= 11 is 1.41. The first kappa shape index (κ1) is 10.1. The van der Waals surface area contributed by atoms with E-state index in [-0.39, 0.29) is 11.8 Å². The average Bonchev–Trinajstić information content (AvgIpc) is 2.56. The lowest BCUT2D eigenvalue weighted by Crippen LogP contribution is -2.19. The van der Waals surface area contributed by atoms with Gasteiger partial charge in [0.25, 0.3) is 0 Å². The summed E-state index contributed by atoms with van der Waals surface area (Å²) in [6.07, 6.45) is 2.11. The fourth-order valence-corrected chi connectivity index (χ4v) is 1.40. The van der Waals surface area contributed by atoms with E-state index in [1.807, 2.05) is 12.3 Å². The lowest BCUT2D eigenvalue weighted by atomic mass is 10.1. The van der Waals surface area contributed by atoms with Gasteiger partial charge in [0, 0.05) is 18.0 Å². The number of carbonyl (C=O) groups excluding carboxylic acids is 1. The van der Waals surface area contributed by atoms with Crippen molar-refractivity contribution in [1.82, 2.24) is 4.98 Å². The number of thiazole rings is 1. The Morgan fingerprint density at radius 1 is 1.85 bits per heavy atom. The monoisotopic (exact) mass is 199 g/mol. The largest absolute Gasteiger partial charge is 0.330 e. The Morgan fingerprint density at radius 2 is 2.62 bits per heavy atom. The van der Waals surface area contributed by atoms with Gasteiger partial charge in [0.2, 0.25) is 5.91 Å². The number of hydrogen-bond donors (Lipinski definition) is 2. The van der Waals surface area contributed by atoms with E-state index in [0.717, 1.165) is 0 Å². The van der Waals surface area contributed by atoms with Crippen LogP contribution in [0.15, 0.2) is 11.6 Å². The first-order valence-electron chi connectivity index (χ1n) is 4.11. The van der Waals surface area contributed by atoms with Crippen molar-refractivity contribution in [3.05, 3.63) is 11.6 Å². The van der Waals surface area contributed by atoms with E-state index in [2.05, 4.69) is 10.3 Å². The van der Waals surface area contributed by atoms with E-state index in [4.69, 9.17) is 5.73 Å². The fourth-order valence-electron chi connectivity index (χ4n) is 0.855. The van der Waals surface area contributed by atoms with Crippen molar-refractivity contribution in [2.75, 3.05) is 11.9 Å². The standard InChI is InChI=1S/C8H13N3OS/c1-6(5-9)4-7(12)11-8-10-2-3-13-8/h2-3,6H,4-5,9H2,1H3,(H,10,11,12). The molecule has 0 spiro atoms. The van der Waals surface area contributed by atoms with Crippen LogP contribution in [0.4, 0.5) is 5.13 Å². The summed E-state index contributed by atoms with van der Waals surface area (Å²) in [4.78, 5) is 15.2. The minimum atomic E-state index is -0.0205. The number of nitrogens with one attached hydrogen (secondary N) is 1. The van der Waals surface area contributed by atoms with Crippen molar-refractivity contribution >= 4 is 22.4 Å². The molecule has 0 radical (unpaired) electrons. The number of nitrogens with two attached hydrogens (primary N) is 1. The van der Waals surface area contributed by atoms with Crippen molar-refractivity contribution in [1.29, 1.82) is 0 Å². The summed E-state index contributed by atoms with van der Waals surface area (Å²) in [5.41, 5.74) is 5.40. The van der Waals surface area contributed by atoms with Crippen molar-refractivity contribution in [2.45, 2.75) is 13.3 Å². The van der Waals surface area contributed by atoms with E-state index in [1.54, 1.807) is 6.20 Å². The fraction of sp³-hybridized carbons (Fsp3) is 0.500. The second-order valence-corrected chi connectivity index (χ2v) is 3.82. The Bertz CT molecular complexity index is 260. The van der Waals surface area contributed by atoms with Crippen LogP contribution in [0.1, 0.15) is 13.3 Å². The molecule has 1 aromatic heterocycles. The van der Waals surface area contributed by atoms with Gasteiger partial charge in [-0.05, 0) is 12.5 Å². The van der Waals surface area contributed by atoms with Gasteiger partial charge < -0.3 is 11.1 Å². The van der Waals surface area contributed by atoms with E-state index in [1.165, 1.54) is 11.3 Å². The summed E-state index contributed by atoms with van der Waals surface area (Å²) in [5, 5.41) is 5.17. The van der Waals surface area contributed by atoms with Gasteiger partial charge in [-0.15, -0.1) is 11.3 Å². The maximum Gasteiger partial charge on any atom is 0.226 e. The first-order chi connectivity index (χ1) is 6.22. The summed E-state index contributed by atoms with van der Waals surface area (Å²) in [6, 6.07) is 0. The van der Waals surface area contributed by atoms with Gasteiger partial charge in [0.15, 0.2) is 5.13 Å². The molecule has 0 bridgehead atoms. The van der Waals surface area contributed by atoms with E-state index in [0.29, 0.717) is 18.1 Å². The number of anilines is 1. The lowest BCUT2D eigenvalue weighted by molar-refractivity contribution is -0.116. The second-order valence-electron chi connectivity index (χ2n) is 2.93. The zero-order valence-corrected chi connectivity index (χ0v) is 8.30. The van der Waals surface area contributed by atoms with Crippen LogP contribution in [-0.2, 0) is 4.79 Å². The molecule has 1 heterocycles. The van der Waals surface area contributed by atoms with Gasteiger partial charge in [0.1, 0.15) is 0 Å². The van der Waals surface area contributed by atoms with Crippen LogP contribution in [0.25, 0.3) is 0 Å². The molecule has 5 heteroatoms. The molecule has 0 aliphatic rings. The summed E-state index contributed by atoms with van der Waals surface area (Å²) in [6.45, 7) is 2.48. The molecule has 1 rings (SSSR count). The van der Waals surface area contributed by atoms with Crippen molar-refractivity contribution in [3.8, 4) is 0 Å². The molecule has 1 atom stereocenters. The van der Waals surface area contributed by atoms with Crippen LogP contribution in [0.2, 0.25) is 0 Å². The molecule has 4 nitrogen and oxygen atoms in total. The quantitative estimate of drug-likeness (QED) is 0.762. The number of nitrogens with zero attached hydrogens (tertiary/aromatic N) is 1. The number of hydrogen-bond acceptors (Lipinski definition) is 4. The summed E-state index contributed by atoms with van der Waals surface area (Å²) in [5.74, 6) is 0.202. The number of aromatic nitrogens is 1. The molecule has 0 fully saturated rings. The van der Waals surface area contributed by atoms with Gasteiger partial charge >= 0.3 is 0 Å². The molecule has 13 heavy (non-hydrogen) atoms. The number of rotatable bonds is 4. The maximum absolute atomic E-state index is 11.3. The molecule has 3 N–H and O–H groups in total. The highest BCUT2D eigenvalue weighted by Crippen LogP contribution is 2.11. The molecule has 0 saturated carbocycles. The number of amides is 1. The third-order valence-corrected chi connectivity index (χ3v) is 2.30. The van der Waals surface area contributed by atoms with Crippen molar-refractivity contribution < 1.29 is 4.79 Å². The van der Waals surface area contributed by atoms with E-state index < -0.39 is 0 Å². The Kier molecular flexibility index (Phi) is 3.85. The third-order valence-electron chi connectivity index (χ3n) is 1.61. The normalized spacial score (nSPS) is 12.5. The molecule has 0 saturated heterocycles. The smallest absolute Gasteiger partial charge is 0.226 e. The van der Waals surface area contributed by atoms with Crippen LogP contribution in [0.5, 0.6) is 0 Å². The van der Waals surface area contributed by atoms with Crippen LogP contribution < -0.4 is 11.1 Å².